The second-order valence-corrected chi connectivity index (χ2v) is 3.35. The summed E-state index contributed by atoms with van der Waals surface area (Å²) in [6.07, 6.45) is 2.90. The van der Waals surface area contributed by atoms with Crippen LogP contribution in [0.2, 0.25) is 0 Å². The van der Waals surface area contributed by atoms with E-state index in [1.165, 1.54) is 19.3 Å². The molecule has 1 atom stereocenters. The quantitative estimate of drug-likeness (QED) is 0.681. The predicted octanol–water partition coefficient (Wildman–Crippen LogP) is 0.274. The molecule has 0 saturated heterocycles. The third-order valence-corrected chi connectivity index (χ3v) is 1.82. The Bertz CT molecular complexity index is 350. The van der Waals surface area contributed by atoms with Gasteiger partial charge in [0.25, 0.3) is 0 Å². The Hall–Kier alpha value is -1.67. The number of rotatable bonds is 2. The van der Waals surface area contributed by atoms with Crippen molar-refractivity contribution in [1.82, 2.24) is 9.97 Å². The van der Waals surface area contributed by atoms with Crippen molar-refractivity contribution in [3.05, 3.63) is 18.0 Å². The Balaban J connectivity index is 3.01. The Labute approximate surface area is 82.6 Å². The molecule has 0 bridgehead atoms. The molecule has 0 saturated carbocycles. The molecule has 0 aliphatic rings. The molecule has 0 spiro atoms. The molecule has 1 heterocycles. The maximum Gasteiger partial charge on any atom is 0.224 e. The Morgan fingerprint density at radius 2 is 1.93 bits per heavy atom. The van der Waals surface area contributed by atoms with Crippen LogP contribution in [-0.2, 0) is 5.60 Å². The molecular formula is C9H12N4O. The number of aromatic nitrogens is 2. The van der Waals surface area contributed by atoms with E-state index in [9.17, 15) is 5.11 Å². The van der Waals surface area contributed by atoms with Crippen molar-refractivity contribution in [2.75, 3.05) is 19.0 Å². The monoisotopic (exact) mass is 192 g/mol. The van der Waals surface area contributed by atoms with Crippen molar-refractivity contribution in [1.29, 1.82) is 5.26 Å². The second-order valence-electron chi connectivity index (χ2n) is 3.35. The molecule has 0 radical (unpaired) electrons. The first-order chi connectivity index (χ1) is 6.47. The smallest absolute Gasteiger partial charge is 0.224 e. The molecule has 1 unspecified atom stereocenters. The summed E-state index contributed by atoms with van der Waals surface area (Å²) in [4.78, 5) is 9.73. The summed E-state index contributed by atoms with van der Waals surface area (Å²) in [5.41, 5.74) is -1.13. The van der Waals surface area contributed by atoms with Gasteiger partial charge in [0.2, 0.25) is 5.95 Å². The van der Waals surface area contributed by atoms with E-state index in [0.29, 0.717) is 11.5 Å². The van der Waals surface area contributed by atoms with Crippen molar-refractivity contribution < 1.29 is 5.11 Å². The van der Waals surface area contributed by atoms with Crippen molar-refractivity contribution >= 4 is 5.95 Å². The van der Waals surface area contributed by atoms with Gasteiger partial charge in [0.1, 0.15) is 6.07 Å². The van der Waals surface area contributed by atoms with Crippen LogP contribution in [0.25, 0.3) is 0 Å². The third kappa shape index (κ3) is 1.98. The summed E-state index contributed by atoms with van der Waals surface area (Å²) >= 11 is 0. The summed E-state index contributed by atoms with van der Waals surface area (Å²) in [5.74, 6) is 0.544. The molecular weight excluding hydrogens is 180 g/mol. The Kier molecular flexibility index (Phi) is 2.68. The highest BCUT2D eigenvalue weighted by atomic mass is 16.3. The molecule has 0 amide bonds. The summed E-state index contributed by atoms with van der Waals surface area (Å²) in [7, 11) is 3.63. The summed E-state index contributed by atoms with van der Waals surface area (Å²) < 4.78 is 0. The van der Waals surface area contributed by atoms with E-state index in [0.717, 1.165) is 0 Å². The van der Waals surface area contributed by atoms with E-state index >= 15 is 0 Å². The van der Waals surface area contributed by atoms with Gasteiger partial charge in [0.05, 0.1) is 0 Å². The molecule has 1 aromatic heterocycles. The van der Waals surface area contributed by atoms with E-state index in [-0.39, 0.29) is 0 Å². The lowest BCUT2D eigenvalue weighted by Crippen LogP contribution is -2.20. The lowest BCUT2D eigenvalue weighted by atomic mass is 10.0. The van der Waals surface area contributed by atoms with E-state index in [4.69, 9.17) is 5.26 Å². The summed E-state index contributed by atoms with van der Waals surface area (Å²) in [6, 6.07) is 1.77. The summed E-state index contributed by atoms with van der Waals surface area (Å²) in [6.45, 7) is 1.40. The van der Waals surface area contributed by atoms with Gasteiger partial charge in [-0.25, -0.2) is 9.97 Å². The molecule has 14 heavy (non-hydrogen) atoms. The fourth-order valence-electron chi connectivity index (χ4n) is 0.868. The number of anilines is 1. The SMILES string of the molecule is CN(C)c1ncc(C(C)(O)C#N)cn1. The highest BCUT2D eigenvalue weighted by molar-refractivity contribution is 5.30. The maximum atomic E-state index is 9.57. The molecule has 0 aliphatic carbocycles. The van der Waals surface area contributed by atoms with E-state index < -0.39 is 5.60 Å². The second kappa shape index (κ2) is 3.60. The van der Waals surface area contributed by atoms with Crippen LogP contribution in [0.4, 0.5) is 5.95 Å². The number of hydrogen-bond donors (Lipinski definition) is 1. The first kappa shape index (κ1) is 10.4. The minimum absolute atomic E-state index is 0.394. The molecule has 0 fully saturated rings. The average Bonchev–Trinajstić information content (AvgIpc) is 2.18. The van der Waals surface area contributed by atoms with Crippen LogP contribution < -0.4 is 4.90 Å². The zero-order valence-corrected chi connectivity index (χ0v) is 8.39. The highest BCUT2D eigenvalue weighted by Gasteiger charge is 2.23. The van der Waals surface area contributed by atoms with Gasteiger partial charge in [0.15, 0.2) is 5.60 Å². The topological polar surface area (TPSA) is 73.0 Å². The number of aliphatic hydroxyl groups is 1. The molecule has 74 valence electrons. The average molecular weight is 192 g/mol. The Morgan fingerprint density at radius 3 is 2.29 bits per heavy atom. The molecule has 1 N–H and O–H groups in total. The number of nitrogens with zero attached hydrogens (tertiary/aromatic N) is 4. The highest BCUT2D eigenvalue weighted by Crippen LogP contribution is 2.18. The van der Waals surface area contributed by atoms with Crippen LogP contribution in [0.3, 0.4) is 0 Å². The van der Waals surface area contributed by atoms with Gasteiger partial charge in [0, 0.05) is 32.1 Å². The van der Waals surface area contributed by atoms with Gasteiger partial charge in [-0.3, -0.25) is 0 Å². The molecule has 5 nitrogen and oxygen atoms in total. The van der Waals surface area contributed by atoms with E-state index in [2.05, 4.69) is 9.97 Å². The van der Waals surface area contributed by atoms with Crippen molar-refractivity contribution in [3.8, 4) is 6.07 Å². The van der Waals surface area contributed by atoms with Crippen molar-refractivity contribution in [2.24, 2.45) is 0 Å². The van der Waals surface area contributed by atoms with Gasteiger partial charge in [-0.1, -0.05) is 0 Å². The lowest BCUT2D eigenvalue weighted by Gasteiger charge is -2.15. The predicted molar refractivity (Wildman–Crippen MR) is 51.5 cm³/mol. The van der Waals surface area contributed by atoms with E-state index in [1.54, 1.807) is 11.0 Å². The normalized spacial score (nSPS) is 14.2. The van der Waals surface area contributed by atoms with Crippen molar-refractivity contribution in [2.45, 2.75) is 12.5 Å². The largest absolute Gasteiger partial charge is 0.372 e. The maximum absolute atomic E-state index is 9.57. The molecule has 0 aromatic carbocycles. The fourth-order valence-corrected chi connectivity index (χ4v) is 0.868. The van der Waals surface area contributed by atoms with Crippen LogP contribution in [0.5, 0.6) is 0 Å². The molecule has 1 rings (SSSR count). The van der Waals surface area contributed by atoms with Crippen LogP contribution in [0.15, 0.2) is 12.4 Å². The number of nitriles is 1. The molecule has 0 aliphatic heterocycles. The molecule has 5 heteroatoms. The molecule has 1 aromatic rings. The van der Waals surface area contributed by atoms with Crippen LogP contribution in [-0.4, -0.2) is 29.2 Å². The summed E-state index contributed by atoms with van der Waals surface area (Å²) in [5, 5.41) is 18.2. The lowest BCUT2D eigenvalue weighted by molar-refractivity contribution is 0.119. The van der Waals surface area contributed by atoms with Gasteiger partial charge in [-0.2, -0.15) is 5.26 Å². The first-order valence-electron chi connectivity index (χ1n) is 4.11. The minimum Gasteiger partial charge on any atom is -0.372 e. The first-order valence-corrected chi connectivity index (χ1v) is 4.11. The van der Waals surface area contributed by atoms with Gasteiger partial charge >= 0.3 is 0 Å². The van der Waals surface area contributed by atoms with Crippen molar-refractivity contribution in [3.63, 3.8) is 0 Å². The van der Waals surface area contributed by atoms with E-state index in [1.807, 2.05) is 14.1 Å². The standard InChI is InChI=1S/C9H12N4O/c1-9(14,6-10)7-4-11-8(12-5-7)13(2)3/h4-5,14H,1-3H3. The number of hydrogen-bond acceptors (Lipinski definition) is 5. The Morgan fingerprint density at radius 1 is 1.43 bits per heavy atom. The zero-order chi connectivity index (χ0) is 10.8. The third-order valence-electron chi connectivity index (χ3n) is 1.82. The van der Waals surface area contributed by atoms with Gasteiger partial charge in [-0.05, 0) is 6.92 Å². The van der Waals surface area contributed by atoms with Crippen LogP contribution in [0.1, 0.15) is 12.5 Å². The van der Waals surface area contributed by atoms with Gasteiger partial charge < -0.3 is 10.0 Å². The fraction of sp³-hybridized carbons (Fsp3) is 0.444. The van der Waals surface area contributed by atoms with Gasteiger partial charge in [-0.15, -0.1) is 0 Å². The minimum atomic E-state index is -1.52. The van der Waals surface area contributed by atoms with Crippen LogP contribution >= 0.6 is 0 Å². The van der Waals surface area contributed by atoms with Crippen LogP contribution in [0, 0.1) is 11.3 Å². The zero-order valence-electron chi connectivity index (χ0n) is 8.39.